The first-order valence-corrected chi connectivity index (χ1v) is 6.79. The standard InChI is InChI=1S/C14H17N5O/c1-2-12(8-15-5-1)9-20-13-3-6-19(7-4-13)14-17-10-16-11-18-14/h1-2,5,8,10-11,13H,3-4,6-7,9H2. The fraction of sp³-hybridized carbons (Fsp3) is 0.429. The molecule has 0 radical (unpaired) electrons. The van der Waals surface area contributed by atoms with Crippen LogP contribution in [0.4, 0.5) is 5.95 Å². The van der Waals surface area contributed by atoms with E-state index >= 15 is 0 Å². The Balaban J connectivity index is 1.47. The maximum absolute atomic E-state index is 5.93. The van der Waals surface area contributed by atoms with Gasteiger partial charge in [0.25, 0.3) is 0 Å². The number of ether oxygens (including phenoxy) is 1. The summed E-state index contributed by atoms with van der Waals surface area (Å²) in [7, 11) is 0. The third kappa shape index (κ3) is 3.27. The molecule has 6 nitrogen and oxygen atoms in total. The quantitative estimate of drug-likeness (QED) is 0.838. The lowest BCUT2D eigenvalue weighted by Crippen LogP contribution is -2.38. The van der Waals surface area contributed by atoms with Crippen molar-refractivity contribution >= 4 is 5.95 Å². The minimum absolute atomic E-state index is 0.299. The van der Waals surface area contributed by atoms with E-state index in [1.807, 2.05) is 18.3 Å². The van der Waals surface area contributed by atoms with Crippen LogP contribution in [0.15, 0.2) is 37.2 Å². The SMILES string of the molecule is c1cncc(COC2CCN(c3ncncn3)CC2)c1. The highest BCUT2D eigenvalue weighted by atomic mass is 16.5. The zero-order valence-electron chi connectivity index (χ0n) is 11.2. The second-order valence-corrected chi connectivity index (χ2v) is 4.80. The predicted molar refractivity (Wildman–Crippen MR) is 74.1 cm³/mol. The summed E-state index contributed by atoms with van der Waals surface area (Å²) in [6, 6.07) is 3.97. The molecule has 0 amide bonds. The van der Waals surface area contributed by atoms with Crippen molar-refractivity contribution in [2.75, 3.05) is 18.0 Å². The topological polar surface area (TPSA) is 64.0 Å². The number of pyridine rings is 1. The van der Waals surface area contributed by atoms with Crippen LogP contribution in [0.1, 0.15) is 18.4 Å². The van der Waals surface area contributed by atoms with Gasteiger partial charge in [-0.3, -0.25) is 4.98 Å². The van der Waals surface area contributed by atoms with Crippen LogP contribution < -0.4 is 4.90 Å². The van der Waals surface area contributed by atoms with Gasteiger partial charge < -0.3 is 9.64 Å². The van der Waals surface area contributed by atoms with Gasteiger partial charge in [-0.2, -0.15) is 0 Å². The summed E-state index contributed by atoms with van der Waals surface area (Å²) < 4.78 is 5.93. The molecule has 0 saturated carbocycles. The Morgan fingerprint density at radius 1 is 1.15 bits per heavy atom. The van der Waals surface area contributed by atoms with Crippen molar-refractivity contribution in [1.29, 1.82) is 0 Å². The van der Waals surface area contributed by atoms with E-state index in [1.165, 1.54) is 12.7 Å². The van der Waals surface area contributed by atoms with Crippen LogP contribution >= 0.6 is 0 Å². The average Bonchev–Trinajstić information content (AvgIpc) is 2.55. The van der Waals surface area contributed by atoms with E-state index < -0.39 is 0 Å². The van der Waals surface area contributed by atoms with E-state index in [9.17, 15) is 0 Å². The molecule has 0 bridgehead atoms. The van der Waals surface area contributed by atoms with Crippen LogP contribution in [0.25, 0.3) is 0 Å². The molecule has 1 fully saturated rings. The van der Waals surface area contributed by atoms with Crippen LogP contribution in [0, 0.1) is 0 Å². The van der Waals surface area contributed by atoms with Gasteiger partial charge in [0.15, 0.2) is 0 Å². The summed E-state index contributed by atoms with van der Waals surface area (Å²) in [6.07, 6.45) is 8.98. The molecule has 0 N–H and O–H groups in total. The third-order valence-corrected chi connectivity index (χ3v) is 3.41. The molecule has 0 spiro atoms. The molecule has 3 heterocycles. The Kier molecular flexibility index (Phi) is 4.13. The van der Waals surface area contributed by atoms with Crippen molar-refractivity contribution in [1.82, 2.24) is 19.9 Å². The van der Waals surface area contributed by atoms with E-state index in [4.69, 9.17) is 4.74 Å². The van der Waals surface area contributed by atoms with Gasteiger partial charge in [0.1, 0.15) is 12.7 Å². The lowest BCUT2D eigenvalue weighted by atomic mass is 10.1. The smallest absolute Gasteiger partial charge is 0.228 e. The predicted octanol–water partition coefficient (Wildman–Crippen LogP) is 1.45. The van der Waals surface area contributed by atoms with E-state index in [0.29, 0.717) is 12.7 Å². The normalized spacial score (nSPS) is 16.3. The second-order valence-electron chi connectivity index (χ2n) is 4.80. The van der Waals surface area contributed by atoms with Gasteiger partial charge in [0.2, 0.25) is 5.95 Å². The molecule has 0 aromatic carbocycles. The Labute approximate surface area is 117 Å². The number of anilines is 1. The molecular weight excluding hydrogens is 254 g/mol. The number of rotatable bonds is 4. The van der Waals surface area contributed by atoms with Crippen molar-refractivity contribution in [2.45, 2.75) is 25.6 Å². The van der Waals surface area contributed by atoms with Gasteiger partial charge in [0.05, 0.1) is 12.7 Å². The molecule has 0 aliphatic carbocycles. The lowest BCUT2D eigenvalue weighted by molar-refractivity contribution is 0.0248. The van der Waals surface area contributed by atoms with E-state index in [-0.39, 0.29) is 0 Å². The number of piperidine rings is 1. The van der Waals surface area contributed by atoms with Gasteiger partial charge in [0, 0.05) is 25.5 Å². The van der Waals surface area contributed by atoms with E-state index in [1.54, 1.807) is 6.20 Å². The highest BCUT2D eigenvalue weighted by Gasteiger charge is 2.21. The van der Waals surface area contributed by atoms with Crippen LogP contribution in [0.3, 0.4) is 0 Å². The molecule has 0 atom stereocenters. The first-order valence-electron chi connectivity index (χ1n) is 6.79. The van der Waals surface area contributed by atoms with Gasteiger partial charge in [-0.15, -0.1) is 0 Å². The summed E-state index contributed by atoms with van der Waals surface area (Å²) >= 11 is 0. The first-order chi connectivity index (χ1) is 9.92. The Morgan fingerprint density at radius 2 is 1.95 bits per heavy atom. The maximum atomic E-state index is 5.93. The van der Waals surface area contributed by atoms with Crippen LogP contribution in [0.5, 0.6) is 0 Å². The Bertz CT molecular complexity index is 514. The lowest BCUT2D eigenvalue weighted by Gasteiger charge is -2.31. The maximum Gasteiger partial charge on any atom is 0.228 e. The summed E-state index contributed by atoms with van der Waals surface area (Å²) in [5.74, 6) is 0.755. The number of nitrogens with zero attached hydrogens (tertiary/aromatic N) is 5. The van der Waals surface area contributed by atoms with Crippen molar-refractivity contribution in [3.63, 3.8) is 0 Å². The van der Waals surface area contributed by atoms with Gasteiger partial charge in [-0.1, -0.05) is 6.07 Å². The summed E-state index contributed by atoms with van der Waals surface area (Å²) in [6.45, 7) is 2.47. The van der Waals surface area contributed by atoms with Gasteiger partial charge in [-0.25, -0.2) is 15.0 Å². The second kappa shape index (κ2) is 6.38. The van der Waals surface area contributed by atoms with Crippen LogP contribution in [-0.2, 0) is 11.3 Å². The summed E-state index contributed by atoms with van der Waals surface area (Å²) in [5.41, 5.74) is 1.12. The summed E-state index contributed by atoms with van der Waals surface area (Å²) in [5, 5.41) is 0. The third-order valence-electron chi connectivity index (χ3n) is 3.41. The van der Waals surface area contributed by atoms with Crippen molar-refractivity contribution in [2.24, 2.45) is 0 Å². The van der Waals surface area contributed by atoms with E-state index in [0.717, 1.165) is 37.4 Å². The van der Waals surface area contributed by atoms with Gasteiger partial charge >= 0.3 is 0 Å². The molecule has 1 aliphatic rings. The molecule has 1 aliphatic heterocycles. The molecule has 2 aromatic heterocycles. The molecule has 6 heteroatoms. The Hall–Kier alpha value is -2.08. The molecule has 1 saturated heterocycles. The first kappa shape index (κ1) is 12.9. The Morgan fingerprint density at radius 3 is 2.65 bits per heavy atom. The van der Waals surface area contributed by atoms with Crippen molar-refractivity contribution < 1.29 is 4.74 Å². The van der Waals surface area contributed by atoms with Crippen molar-refractivity contribution in [3.05, 3.63) is 42.7 Å². The molecule has 20 heavy (non-hydrogen) atoms. The molecular formula is C14H17N5O. The molecule has 104 valence electrons. The highest BCUT2D eigenvalue weighted by molar-refractivity contribution is 5.27. The highest BCUT2D eigenvalue weighted by Crippen LogP contribution is 2.18. The minimum Gasteiger partial charge on any atom is -0.373 e. The minimum atomic E-state index is 0.299. The number of aromatic nitrogens is 4. The van der Waals surface area contributed by atoms with Gasteiger partial charge in [-0.05, 0) is 24.5 Å². The molecule has 3 rings (SSSR count). The molecule has 0 unspecified atom stereocenters. The van der Waals surface area contributed by atoms with E-state index in [2.05, 4.69) is 24.8 Å². The fourth-order valence-electron chi connectivity index (χ4n) is 2.32. The fourth-order valence-corrected chi connectivity index (χ4v) is 2.32. The number of hydrogen-bond acceptors (Lipinski definition) is 6. The molecule has 2 aromatic rings. The van der Waals surface area contributed by atoms with Crippen LogP contribution in [0.2, 0.25) is 0 Å². The van der Waals surface area contributed by atoms with Crippen molar-refractivity contribution in [3.8, 4) is 0 Å². The largest absolute Gasteiger partial charge is 0.373 e. The number of hydrogen-bond donors (Lipinski definition) is 0. The monoisotopic (exact) mass is 271 g/mol. The van der Waals surface area contributed by atoms with Crippen LogP contribution in [-0.4, -0.2) is 39.1 Å². The average molecular weight is 271 g/mol. The zero-order valence-corrected chi connectivity index (χ0v) is 11.2. The zero-order chi connectivity index (χ0) is 13.6. The summed E-state index contributed by atoms with van der Waals surface area (Å²) in [4.78, 5) is 18.5.